The number of nitrogens with zero attached hydrogens (tertiary/aromatic N) is 2. The molecule has 3 aromatic rings. The lowest BCUT2D eigenvalue weighted by atomic mass is 10.1. The number of aromatic nitrogens is 2. The van der Waals surface area contributed by atoms with Crippen molar-refractivity contribution in [3.05, 3.63) is 108 Å². The number of phosphoric ester groups is 1. The SMILES string of the molecule is C=C(N)/C(=C\C=C/NCOP(=O)(O)O)c1cc(Cc2ccc(NCc3ccc(F)cc3)nc2)no1. The minimum absolute atomic E-state index is 0.252. The first-order valence-electron chi connectivity index (χ1n) is 10.3. The zero-order valence-electron chi connectivity index (χ0n) is 18.6. The van der Waals surface area contributed by atoms with Crippen LogP contribution in [0.15, 0.2) is 83.8 Å². The van der Waals surface area contributed by atoms with E-state index in [1.54, 1.807) is 36.5 Å². The first-order valence-corrected chi connectivity index (χ1v) is 11.9. The fraction of sp³-hybridized carbons (Fsp3) is 0.130. The van der Waals surface area contributed by atoms with Gasteiger partial charge < -0.3 is 30.7 Å². The number of hydrogen-bond donors (Lipinski definition) is 5. The van der Waals surface area contributed by atoms with Gasteiger partial charge in [-0.05, 0) is 47.7 Å². The van der Waals surface area contributed by atoms with E-state index in [-0.39, 0.29) is 18.2 Å². The van der Waals surface area contributed by atoms with E-state index in [2.05, 4.69) is 31.9 Å². The Morgan fingerprint density at radius 1 is 1.23 bits per heavy atom. The molecule has 0 radical (unpaired) electrons. The van der Waals surface area contributed by atoms with Gasteiger partial charge in [0.25, 0.3) is 0 Å². The van der Waals surface area contributed by atoms with Crippen molar-refractivity contribution < 1.29 is 27.8 Å². The fourth-order valence-electron chi connectivity index (χ4n) is 2.89. The van der Waals surface area contributed by atoms with E-state index in [9.17, 15) is 8.96 Å². The largest absolute Gasteiger partial charge is 0.471 e. The van der Waals surface area contributed by atoms with Crippen LogP contribution in [0, 0.1) is 5.82 Å². The summed E-state index contributed by atoms with van der Waals surface area (Å²) in [6.07, 6.45) is 6.80. The second-order valence-electron chi connectivity index (χ2n) is 7.32. The third kappa shape index (κ3) is 8.84. The zero-order valence-corrected chi connectivity index (χ0v) is 19.5. The number of nitrogens with two attached hydrogens (primary N) is 1. The first kappa shape index (κ1) is 25.9. The van der Waals surface area contributed by atoms with Gasteiger partial charge in [0.05, 0.1) is 5.69 Å². The fourth-order valence-corrected chi connectivity index (χ4v) is 3.13. The molecule has 0 unspecified atom stereocenters. The van der Waals surface area contributed by atoms with Crippen LogP contribution in [-0.2, 0) is 22.1 Å². The third-order valence-corrected chi connectivity index (χ3v) is 5.03. The van der Waals surface area contributed by atoms with Gasteiger partial charge >= 0.3 is 7.82 Å². The van der Waals surface area contributed by atoms with Crippen molar-refractivity contribution in [3.8, 4) is 0 Å². The molecule has 0 saturated heterocycles. The maximum Gasteiger partial charge on any atom is 0.471 e. The van der Waals surface area contributed by atoms with E-state index in [4.69, 9.17) is 20.0 Å². The minimum Gasteiger partial charge on any atom is -0.399 e. The van der Waals surface area contributed by atoms with Gasteiger partial charge in [0.1, 0.15) is 18.4 Å². The molecule has 0 saturated carbocycles. The van der Waals surface area contributed by atoms with Crippen molar-refractivity contribution in [1.82, 2.24) is 15.5 Å². The molecule has 0 amide bonds. The molecule has 0 aliphatic heterocycles. The molecular formula is C23H25FN5O5P. The van der Waals surface area contributed by atoms with Gasteiger partial charge in [0.15, 0.2) is 5.76 Å². The van der Waals surface area contributed by atoms with Crippen molar-refractivity contribution in [2.45, 2.75) is 13.0 Å². The minimum atomic E-state index is -4.53. The highest BCUT2D eigenvalue weighted by Crippen LogP contribution is 2.34. The van der Waals surface area contributed by atoms with E-state index < -0.39 is 7.82 Å². The number of pyridine rings is 1. The summed E-state index contributed by atoms with van der Waals surface area (Å²) >= 11 is 0. The molecule has 0 fully saturated rings. The molecule has 0 atom stereocenters. The molecule has 0 aliphatic carbocycles. The third-order valence-electron chi connectivity index (χ3n) is 4.56. The Morgan fingerprint density at radius 3 is 2.63 bits per heavy atom. The monoisotopic (exact) mass is 501 g/mol. The van der Waals surface area contributed by atoms with Gasteiger partial charge in [-0.3, -0.25) is 4.52 Å². The summed E-state index contributed by atoms with van der Waals surface area (Å²) in [5.41, 5.74) is 9.13. The average molecular weight is 501 g/mol. The number of anilines is 1. The van der Waals surface area contributed by atoms with E-state index >= 15 is 0 Å². The maximum absolute atomic E-state index is 13.0. The molecule has 2 aromatic heterocycles. The second-order valence-corrected chi connectivity index (χ2v) is 8.56. The number of halogens is 1. The van der Waals surface area contributed by atoms with Crippen molar-refractivity contribution in [2.75, 3.05) is 12.0 Å². The van der Waals surface area contributed by atoms with E-state index in [1.165, 1.54) is 18.3 Å². The van der Waals surface area contributed by atoms with E-state index in [0.29, 0.717) is 35.8 Å². The molecule has 184 valence electrons. The number of hydrogen-bond acceptors (Lipinski definition) is 8. The molecule has 12 heteroatoms. The average Bonchev–Trinajstić information content (AvgIpc) is 3.26. The summed E-state index contributed by atoms with van der Waals surface area (Å²) < 4.78 is 33.3. The van der Waals surface area contributed by atoms with Crippen LogP contribution < -0.4 is 16.4 Å². The Bertz CT molecular complexity index is 1240. The smallest absolute Gasteiger partial charge is 0.399 e. The summed E-state index contributed by atoms with van der Waals surface area (Å²) in [4.78, 5) is 21.6. The molecule has 0 bridgehead atoms. The lowest BCUT2D eigenvalue weighted by Gasteiger charge is -2.06. The highest BCUT2D eigenvalue weighted by atomic mass is 31.2. The molecule has 1 aromatic carbocycles. The van der Waals surface area contributed by atoms with Gasteiger partial charge in [-0.25, -0.2) is 13.9 Å². The van der Waals surface area contributed by atoms with E-state index in [0.717, 1.165) is 11.1 Å². The summed E-state index contributed by atoms with van der Waals surface area (Å²) in [5.74, 6) is 0.828. The Labute approximate surface area is 201 Å². The summed E-state index contributed by atoms with van der Waals surface area (Å²) in [6, 6.07) is 11.8. The van der Waals surface area contributed by atoms with E-state index in [1.807, 2.05) is 12.1 Å². The van der Waals surface area contributed by atoms with Gasteiger partial charge in [-0.2, -0.15) is 0 Å². The highest BCUT2D eigenvalue weighted by molar-refractivity contribution is 7.46. The standard InChI is InChI=1S/C23H25FN5O5P/c1-16(25)21(3-2-10-26-15-33-35(30,31)32)22-12-20(29-34-22)11-18-6-9-23(28-14-18)27-13-17-4-7-19(24)8-5-17/h2-10,12,14,26H,1,11,13,15,25H2,(H,27,28)(H2,30,31,32)/b10-2-,21-3+. The highest BCUT2D eigenvalue weighted by Gasteiger charge is 2.12. The van der Waals surface area contributed by atoms with Gasteiger partial charge in [0, 0.05) is 36.5 Å². The van der Waals surface area contributed by atoms with Crippen molar-refractivity contribution in [3.63, 3.8) is 0 Å². The predicted molar refractivity (Wildman–Crippen MR) is 129 cm³/mol. The van der Waals surface area contributed by atoms with Crippen LogP contribution >= 0.6 is 7.82 Å². The summed E-state index contributed by atoms with van der Waals surface area (Å²) in [5, 5.41) is 9.82. The molecule has 2 heterocycles. The second kappa shape index (κ2) is 12.1. The molecule has 3 rings (SSSR count). The number of nitrogens with one attached hydrogen (secondary N) is 2. The molecule has 0 spiro atoms. The van der Waals surface area contributed by atoms with Crippen molar-refractivity contribution in [2.24, 2.45) is 5.73 Å². The van der Waals surface area contributed by atoms with Crippen LogP contribution in [-0.4, -0.2) is 26.7 Å². The molecule has 0 aliphatic rings. The van der Waals surface area contributed by atoms with Crippen LogP contribution in [0.5, 0.6) is 0 Å². The Kier molecular flexibility index (Phi) is 8.93. The van der Waals surface area contributed by atoms with Crippen molar-refractivity contribution >= 4 is 19.2 Å². The van der Waals surface area contributed by atoms with Gasteiger partial charge in [0.2, 0.25) is 0 Å². The molecular weight excluding hydrogens is 476 g/mol. The van der Waals surface area contributed by atoms with Crippen LogP contribution in [0.4, 0.5) is 10.2 Å². The number of benzene rings is 1. The van der Waals surface area contributed by atoms with Crippen molar-refractivity contribution in [1.29, 1.82) is 0 Å². The lowest BCUT2D eigenvalue weighted by molar-refractivity contribution is 0.191. The van der Waals surface area contributed by atoms with Crippen LogP contribution in [0.3, 0.4) is 0 Å². The number of phosphoric acid groups is 1. The Hall–Kier alpha value is -3.76. The van der Waals surface area contributed by atoms with Crippen LogP contribution in [0.1, 0.15) is 22.6 Å². The topological polar surface area (TPSA) is 156 Å². The zero-order chi connectivity index (χ0) is 25.3. The first-order chi connectivity index (χ1) is 16.7. The maximum atomic E-state index is 13.0. The summed E-state index contributed by atoms with van der Waals surface area (Å²) in [6.45, 7) is 3.89. The predicted octanol–water partition coefficient (Wildman–Crippen LogP) is 3.44. The molecule has 10 nitrogen and oxygen atoms in total. The quantitative estimate of drug-likeness (QED) is 0.108. The molecule has 35 heavy (non-hydrogen) atoms. The normalized spacial score (nSPS) is 12.1. The molecule has 6 N–H and O–H groups in total. The van der Waals surface area contributed by atoms with Crippen LogP contribution in [0.2, 0.25) is 0 Å². The van der Waals surface area contributed by atoms with Crippen LogP contribution in [0.25, 0.3) is 5.57 Å². The summed E-state index contributed by atoms with van der Waals surface area (Å²) in [7, 11) is -4.53. The lowest BCUT2D eigenvalue weighted by Crippen LogP contribution is -2.09. The number of rotatable bonds is 12. The number of allylic oxidation sites excluding steroid dienone is 3. The van der Waals surface area contributed by atoms with Gasteiger partial charge in [-0.1, -0.05) is 29.9 Å². The Balaban J connectivity index is 1.56. The Morgan fingerprint density at radius 2 is 1.97 bits per heavy atom. The van der Waals surface area contributed by atoms with Gasteiger partial charge in [-0.15, -0.1) is 0 Å².